The molecule has 0 aliphatic heterocycles. The van der Waals surface area contributed by atoms with E-state index >= 15 is 0 Å². The van der Waals surface area contributed by atoms with Crippen LogP contribution in [0.5, 0.6) is 0 Å². The highest BCUT2D eigenvalue weighted by atomic mass is 16.1. The number of benzene rings is 2. The van der Waals surface area contributed by atoms with E-state index in [2.05, 4.69) is 30.6 Å². The van der Waals surface area contributed by atoms with Crippen LogP contribution in [0.1, 0.15) is 29.9 Å². The Labute approximate surface area is 211 Å². The van der Waals surface area contributed by atoms with Gasteiger partial charge >= 0.3 is 0 Å². The highest BCUT2D eigenvalue weighted by Gasteiger charge is 2.12. The summed E-state index contributed by atoms with van der Waals surface area (Å²) in [7, 11) is 0. The molecule has 0 atom stereocenters. The van der Waals surface area contributed by atoms with E-state index in [1.165, 1.54) is 0 Å². The lowest BCUT2D eigenvalue weighted by Crippen LogP contribution is -2.13. The third kappa shape index (κ3) is 5.12. The van der Waals surface area contributed by atoms with E-state index in [1.54, 1.807) is 43.0 Å². The molecule has 0 saturated carbocycles. The number of anilines is 3. The Hall–Kier alpha value is -4.85. The van der Waals surface area contributed by atoms with Gasteiger partial charge in [0.25, 0.3) is 5.91 Å². The Kier molecular flexibility index (Phi) is 5.58. The maximum Gasteiger partial charge on any atom is 0.255 e. The van der Waals surface area contributed by atoms with Crippen LogP contribution in [0.3, 0.4) is 0 Å². The van der Waals surface area contributed by atoms with Gasteiger partial charge in [0, 0.05) is 53.0 Å². The number of hydrogen-bond donors (Lipinski definition) is 2. The minimum Gasteiger partial charge on any atom is -0.324 e. The largest absolute Gasteiger partial charge is 0.324 e. The molecular weight excluding hydrogens is 450 g/mol. The van der Waals surface area contributed by atoms with Crippen molar-refractivity contribution in [3.63, 3.8) is 0 Å². The predicted octanol–water partition coefficient (Wildman–Crippen LogP) is 5.65. The van der Waals surface area contributed by atoms with Gasteiger partial charge in [-0.25, -0.2) is 15.0 Å². The topological polar surface area (TPSA) is 97.6 Å². The van der Waals surface area contributed by atoms with Crippen molar-refractivity contribution >= 4 is 23.2 Å². The zero-order valence-electron chi connectivity index (χ0n) is 22.1. The van der Waals surface area contributed by atoms with Gasteiger partial charge in [-0.15, -0.1) is 0 Å². The lowest BCUT2D eigenvalue weighted by atomic mass is 10.1. The van der Waals surface area contributed by atoms with E-state index in [1.807, 2.05) is 55.8 Å². The van der Waals surface area contributed by atoms with E-state index in [0.717, 1.165) is 22.5 Å². The minimum atomic E-state index is -0.272. The van der Waals surface area contributed by atoms with Crippen molar-refractivity contribution in [2.75, 3.05) is 10.6 Å². The highest BCUT2D eigenvalue weighted by molar-refractivity contribution is 6.05. The zero-order chi connectivity index (χ0) is 26.8. The molecule has 2 N–H and O–H groups in total. The Morgan fingerprint density at radius 3 is 2.72 bits per heavy atom. The fourth-order valence-electron chi connectivity index (χ4n) is 3.76. The van der Waals surface area contributed by atoms with Crippen molar-refractivity contribution in [1.29, 1.82) is 0 Å². The fourth-order valence-corrected chi connectivity index (χ4v) is 3.76. The molecule has 36 heavy (non-hydrogen) atoms. The molecule has 5 rings (SSSR count). The van der Waals surface area contributed by atoms with Crippen molar-refractivity contribution in [1.82, 2.24) is 24.5 Å². The number of nitrogens with zero attached hydrogens (tertiary/aromatic N) is 5. The molecule has 0 spiro atoms. The highest BCUT2D eigenvalue weighted by Crippen LogP contribution is 2.24. The first-order chi connectivity index (χ1) is 18.3. The van der Waals surface area contributed by atoms with Crippen LogP contribution >= 0.6 is 0 Å². The van der Waals surface area contributed by atoms with Crippen LogP contribution in [0.25, 0.3) is 16.9 Å². The van der Waals surface area contributed by atoms with Crippen LogP contribution < -0.4 is 10.6 Å². The monoisotopic (exact) mass is 477 g/mol. The normalized spacial score (nSPS) is 11.5. The molecular formula is C28H25N7O. The molecule has 0 fully saturated rings. The first-order valence-electron chi connectivity index (χ1n) is 12.3. The molecule has 0 saturated heterocycles. The standard InChI is InChI=1S/C28H25N7O/c1-18-11-23(14-24(12-18)35-16-20(3)31-17-35)32-27(36)21-7-6-19(2)26(13-21)34-28-30-10-8-25(33-28)22-5-4-9-29-15-22/h4-17H,1-3H3,(H,32,36)(H,30,33,34)/i8D,10D. The molecule has 3 aromatic heterocycles. The van der Waals surface area contributed by atoms with Crippen molar-refractivity contribution in [3.05, 3.63) is 108 Å². The van der Waals surface area contributed by atoms with Crippen LogP contribution in [0, 0.1) is 20.8 Å². The van der Waals surface area contributed by atoms with Gasteiger partial charge in [0.2, 0.25) is 5.95 Å². The van der Waals surface area contributed by atoms with Crippen molar-refractivity contribution in [2.45, 2.75) is 20.8 Å². The molecule has 2 aromatic carbocycles. The molecule has 5 aromatic rings. The Morgan fingerprint density at radius 2 is 1.94 bits per heavy atom. The second-order valence-electron chi connectivity index (χ2n) is 8.46. The molecule has 8 nitrogen and oxygen atoms in total. The number of nitrogens with one attached hydrogen (secondary N) is 2. The summed E-state index contributed by atoms with van der Waals surface area (Å²) in [5, 5.41) is 6.10. The van der Waals surface area contributed by atoms with Gasteiger partial charge in [-0.05, 0) is 80.4 Å². The molecule has 0 unspecified atom stereocenters. The van der Waals surface area contributed by atoms with Crippen LogP contribution in [-0.2, 0) is 0 Å². The Bertz CT molecular complexity index is 1650. The lowest BCUT2D eigenvalue weighted by molar-refractivity contribution is 0.102. The first kappa shape index (κ1) is 20.5. The summed E-state index contributed by atoms with van der Waals surface area (Å²) in [6.07, 6.45) is 6.67. The van der Waals surface area contributed by atoms with E-state index in [-0.39, 0.29) is 24.1 Å². The summed E-state index contributed by atoms with van der Waals surface area (Å²) in [6.45, 7) is 5.79. The fraction of sp³-hybridized carbons (Fsp3) is 0.107. The summed E-state index contributed by atoms with van der Waals surface area (Å²) in [5.41, 5.74) is 6.31. The average Bonchev–Trinajstić information content (AvgIpc) is 3.34. The number of aryl methyl sites for hydroxylation is 3. The van der Waals surface area contributed by atoms with Gasteiger partial charge in [0.15, 0.2) is 0 Å². The number of aromatic nitrogens is 5. The second kappa shape index (κ2) is 9.79. The smallest absolute Gasteiger partial charge is 0.255 e. The summed E-state index contributed by atoms with van der Waals surface area (Å²) >= 11 is 0. The van der Waals surface area contributed by atoms with E-state index in [4.69, 9.17) is 2.74 Å². The summed E-state index contributed by atoms with van der Waals surface area (Å²) in [4.78, 5) is 30.1. The van der Waals surface area contributed by atoms with E-state index < -0.39 is 0 Å². The molecule has 0 bridgehead atoms. The van der Waals surface area contributed by atoms with Gasteiger partial charge in [-0.3, -0.25) is 9.78 Å². The average molecular weight is 478 g/mol. The van der Waals surface area contributed by atoms with Crippen LogP contribution in [0.4, 0.5) is 17.3 Å². The van der Waals surface area contributed by atoms with Crippen molar-refractivity contribution in [3.8, 4) is 16.9 Å². The number of imidazole rings is 1. The van der Waals surface area contributed by atoms with Gasteiger partial charge in [-0.2, -0.15) is 0 Å². The molecule has 178 valence electrons. The van der Waals surface area contributed by atoms with Gasteiger partial charge < -0.3 is 15.2 Å². The second-order valence-corrected chi connectivity index (χ2v) is 8.46. The molecule has 0 aliphatic rings. The quantitative estimate of drug-likeness (QED) is 0.328. The summed E-state index contributed by atoms with van der Waals surface area (Å²) < 4.78 is 18.3. The van der Waals surface area contributed by atoms with Crippen LogP contribution in [0.15, 0.2) is 85.7 Å². The summed E-state index contributed by atoms with van der Waals surface area (Å²) in [6, 6.07) is 14.5. The van der Waals surface area contributed by atoms with Gasteiger partial charge in [-0.1, -0.05) is 6.07 Å². The van der Waals surface area contributed by atoms with Crippen LogP contribution in [0.2, 0.25) is 0 Å². The zero-order valence-corrected chi connectivity index (χ0v) is 20.1. The lowest BCUT2D eigenvalue weighted by Gasteiger charge is -2.13. The number of carbonyl (C=O) groups excluding carboxylic acids is 1. The Balaban J connectivity index is 1.40. The molecule has 8 heteroatoms. The first-order valence-corrected chi connectivity index (χ1v) is 11.3. The third-order valence-corrected chi connectivity index (χ3v) is 5.56. The van der Waals surface area contributed by atoms with E-state index in [0.29, 0.717) is 28.2 Å². The van der Waals surface area contributed by atoms with Crippen molar-refractivity contribution < 1.29 is 7.54 Å². The number of rotatable bonds is 6. The molecule has 0 aliphatic carbocycles. The molecule has 1 amide bonds. The maximum absolute atomic E-state index is 13.2. The predicted molar refractivity (Wildman–Crippen MR) is 141 cm³/mol. The molecule has 3 heterocycles. The minimum absolute atomic E-state index is 0.0863. The number of carbonyl (C=O) groups is 1. The van der Waals surface area contributed by atoms with Crippen molar-refractivity contribution in [2.24, 2.45) is 0 Å². The maximum atomic E-state index is 13.2. The summed E-state index contributed by atoms with van der Waals surface area (Å²) in [5.74, 6) is -0.115. The molecule has 0 radical (unpaired) electrons. The number of hydrogen-bond acceptors (Lipinski definition) is 6. The third-order valence-electron chi connectivity index (χ3n) is 5.56. The number of pyridine rings is 1. The SMILES string of the molecule is [2H]c1nc(Nc2cc(C(=O)Nc3cc(C)cc(-n4cnc(C)c4)c3)ccc2C)nc(-c2cccnc2)c1[2H]. The van der Waals surface area contributed by atoms with E-state index in [9.17, 15) is 4.79 Å². The van der Waals surface area contributed by atoms with Crippen LogP contribution in [-0.4, -0.2) is 30.4 Å². The van der Waals surface area contributed by atoms with Gasteiger partial charge in [0.05, 0.1) is 20.5 Å². The van der Waals surface area contributed by atoms with Gasteiger partial charge in [0.1, 0.15) is 0 Å². The number of amides is 1. The Morgan fingerprint density at radius 1 is 1.06 bits per heavy atom.